The van der Waals surface area contributed by atoms with Crippen molar-refractivity contribution < 1.29 is 5.11 Å². The molecule has 0 bridgehead atoms. The SMILES string of the molecule is C=CCN(CCO)CC(C)CNCC. The lowest BCUT2D eigenvalue weighted by molar-refractivity contribution is 0.190. The van der Waals surface area contributed by atoms with Crippen LogP contribution in [-0.2, 0) is 0 Å². The van der Waals surface area contributed by atoms with Gasteiger partial charge >= 0.3 is 0 Å². The second kappa shape index (κ2) is 9.19. The van der Waals surface area contributed by atoms with Crippen LogP contribution in [-0.4, -0.2) is 49.3 Å². The van der Waals surface area contributed by atoms with Crippen LogP contribution in [0.4, 0.5) is 0 Å². The highest BCUT2D eigenvalue weighted by molar-refractivity contribution is 4.75. The Labute approximate surface area is 87.8 Å². The van der Waals surface area contributed by atoms with Crippen LogP contribution in [0.5, 0.6) is 0 Å². The van der Waals surface area contributed by atoms with Gasteiger partial charge in [-0.1, -0.05) is 19.9 Å². The Bertz CT molecular complexity index is 139. The third-order valence-electron chi connectivity index (χ3n) is 2.12. The Morgan fingerprint density at radius 1 is 1.57 bits per heavy atom. The number of rotatable bonds is 9. The van der Waals surface area contributed by atoms with Gasteiger partial charge in [-0.15, -0.1) is 6.58 Å². The average Bonchev–Trinajstić information content (AvgIpc) is 2.15. The van der Waals surface area contributed by atoms with Crippen LogP contribution in [0.2, 0.25) is 0 Å². The summed E-state index contributed by atoms with van der Waals surface area (Å²) >= 11 is 0. The van der Waals surface area contributed by atoms with E-state index in [2.05, 4.69) is 30.6 Å². The number of nitrogens with one attached hydrogen (secondary N) is 1. The van der Waals surface area contributed by atoms with Crippen LogP contribution in [0.15, 0.2) is 12.7 Å². The number of aliphatic hydroxyl groups excluding tert-OH is 1. The molecule has 0 aromatic rings. The fourth-order valence-electron chi connectivity index (χ4n) is 1.48. The maximum atomic E-state index is 8.86. The lowest BCUT2D eigenvalue weighted by atomic mass is 10.1. The summed E-state index contributed by atoms with van der Waals surface area (Å²) in [6.07, 6.45) is 1.88. The van der Waals surface area contributed by atoms with E-state index in [0.717, 1.165) is 32.7 Å². The summed E-state index contributed by atoms with van der Waals surface area (Å²) in [4.78, 5) is 2.22. The molecule has 2 N–H and O–H groups in total. The van der Waals surface area contributed by atoms with Crippen molar-refractivity contribution in [3.8, 4) is 0 Å². The molecule has 0 saturated carbocycles. The van der Waals surface area contributed by atoms with E-state index >= 15 is 0 Å². The first-order chi connectivity index (χ1) is 6.74. The molecule has 0 saturated heterocycles. The molecule has 0 aliphatic carbocycles. The van der Waals surface area contributed by atoms with Gasteiger partial charge in [0.2, 0.25) is 0 Å². The molecule has 1 unspecified atom stereocenters. The summed E-state index contributed by atoms with van der Waals surface area (Å²) in [6.45, 7) is 12.9. The highest BCUT2D eigenvalue weighted by Crippen LogP contribution is 1.98. The second-order valence-electron chi connectivity index (χ2n) is 3.68. The minimum atomic E-state index is 0.224. The predicted octanol–water partition coefficient (Wildman–Crippen LogP) is 0.712. The Balaban J connectivity index is 3.70. The monoisotopic (exact) mass is 200 g/mol. The zero-order valence-corrected chi connectivity index (χ0v) is 9.50. The minimum Gasteiger partial charge on any atom is -0.395 e. The summed E-state index contributed by atoms with van der Waals surface area (Å²) < 4.78 is 0. The van der Waals surface area contributed by atoms with Crippen LogP contribution >= 0.6 is 0 Å². The van der Waals surface area contributed by atoms with Gasteiger partial charge in [0.15, 0.2) is 0 Å². The Kier molecular flexibility index (Phi) is 8.94. The molecular formula is C11H24N2O. The topological polar surface area (TPSA) is 35.5 Å². The zero-order chi connectivity index (χ0) is 10.8. The highest BCUT2D eigenvalue weighted by Gasteiger charge is 2.07. The lowest BCUT2D eigenvalue weighted by Crippen LogP contribution is -2.35. The summed E-state index contributed by atoms with van der Waals surface area (Å²) in [7, 11) is 0. The number of hydrogen-bond acceptors (Lipinski definition) is 3. The Morgan fingerprint density at radius 2 is 2.29 bits per heavy atom. The standard InChI is InChI=1S/C11H24N2O/c1-4-6-13(7-8-14)10-11(3)9-12-5-2/h4,11-12,14H,1,5-10H2,2-3H3. The van der Waals surface area contributed by atoms with Crippen molar-refractivity contribution in [3.63, 3.8) is 0 Å². The molecule has 0 rings (SSSR count). The third-order valence-corrected chi connectivity index (χ3v) is 2.12. The maximum Gasteiger partial charge on any atom is 0.0558 e. The first kappa shape index (κ1) is 13.6. The Hall–Kier alpha value is -0.380. The number of nitrogens with zero attached hydrogens (tertiary/aromatic N) is 1. The van der Waals surface area contributed by atoms with Crippen molar-refractivity contribution in [1.29, 1.82) is 0 Å². The van der Waals surface area contributed by atoms with Crippen LogP contribution in [0, 0.1) is 5.92 Å². The van der Waals surface area contributed by atoms with E-state index in [0.29, 0.717) is 5.92 Å². The molecule has 0 spiro atoms. The van der Waals surface area contributed by atoms with Crippen molar-refractivity contribution in [2.45, 2.75) is 13.8 Å². The van der Waals surface area contributed by atoms with Crippen molar-refractivity contribution >= 4 is 0 Å². The molecule has 0 aromatic carbocycles. The molecule has 0 heterocycles. The molecule has 0 aromatic heterocycles. The van der Waals surface area contributed by atoms with E-state index in [9.17, 15) is 0 Å². The fourth-order valence-corrected chi connectivity index (χ4v) is 1.48. The van der Waals surface area contributed by atoms with Crippen molar-refractivity contribution in [2.75, 3.05) is 39.3 Å². The molecule has 3 nitrogen and oxygen atoms in total. The molecular weight excluding hydrogens is 176 g/mol. The largest absolute Gasteiger partial charge is 0.395 e. The molecule has 14 heavy (non-hydrogen) atoms. The van der Waals surface area contributed by atoms with E-state index < -0.39 is 0 Å². The number of aliphatic hydroxyl groups is 1. The third kappa shape index (κ3) is 7.06. The molecule has 84 valence electrons. The Morgan fingerprint density at radius 3 is 2.79 bits per heavy atom. The quantitative estimate of drug-likeness (QED) is 0.538. The van der Waals surface area contributed by atoms with Gasteiger partial charge in [0.25, 0.3) is 0 Å². The molecule has 0 radical (unpaired) electrons. The maximum absolute atomic E-state index is 8.86. The molecule has 0 aliphatic heterocycles. The van der Waals surface area contributed by atoms with E-state index in [-0.39, 0.29) is 6.61 Å². The second-order valence-corrected chi connectivity index (χ2v) is 3.68. The molecule has 0 fully saturated rings. The summed E-state index contributed by atoms with van der Waals surface area (Å²) in [5, 5.41) is 12.2. The van der Waals surface area contributed by atoms with Gasteiger partial charge in [-0.25, -0.2) is 0 Å². The smallest absolute Gasteiger partial charge is 0.0558 e. The van der Waals surface area contributed by atoms with Gasteiger partial charge < -0.3 is 10.4 Å². The van der Waals surface area contributed by atoms with Gasteiger partial charge in [0.05, 0.1) is 6.61 Å². The molecule has 0 aliphatic rings. The highest BCUT2D eigenvalue weighted by atomic mass is 16.3. The lowest BCUT2D eigenvalue weighted by Gasteiger charge is -2.23. The van der Waals surface area contributed by atoms with Gasteiger partial charge in [-0.3, -0.25) is 4.90 Å². The predicted molar refractivity (Wildman–Crippen MR) is 61.4 cm³/mol. The number of hydrogen-bond donors (Lipinski definition) is 2. The van der Waals surface area contributed by atoms with Crippen LogP contribution in [0.25, 0.3) is 0 Å². The van der Waals surface area contributed by atoms with Gasteiger partial charge in [-0.05, 0) is 19.0 Å². The molecule has 1 atom stereocenters. The van der Waals surface area contributed by atoms with Crippen LogP contribution in [0.3, 0.4) is 0 Å². The van der Waals surface area contributed by atoms with Gasteiger partial charge in [0.1, 0.15) is 0 Å². The average molecular weight is 200 g/mol. The van der Waals surface area contributed by atoms with E-state index in [1.165, 1.54) is 0 Å². The first-order valence-corrected chi connectivity index (χ1v) is 5.39. The molecule has 3 heteroatoms. The van der Waals surface area contributed by atoms with E-state index in [1.54, 1.807) is 0 Å². The summed E-state index contributed by atoms with van der Waals surface area (Å²) in [6, 6.07) is 0. The summed E-state index contributed by atoms with van der Waals surface area (Å²) in [5.74, 6) is 0.612. The summed E-state index contributed by atoms with van der Waals surface area (Å²) in [5.41, 5.74) is 0. The van der Waals surface area contributed by atoms with Crippen molar-refractivity contribution in [2.24, 2.45) is 5.92 Å². The minimum absolute atomic E-state index is 0.224. The van der Waals surface area contributed by atoms with Crippen molar-refractivity contribution in [3.05, 3.63) is 12.7 Å². The first-order valence-electron chi connectivity index (χ1n) is 5.39. The van der Waals surface area contributed by atoms with Gasteiger partial charge in [0, 0.05) is 19.6 Å². The molecule has 0 amide bonds. The normalized spacial score (nSPS) is 13.1. The van der Waals surface area contributed by atoms with Crippen molar-refractivity contribution in [1.82, 2.24) is 10.2 Å². The van der Waals surface area contributed by atoms with Gasteiger partial charge in [-0.2, -0.15) is 0 Å². The zero-order valence-electron chi connectivity index (χ0n) is 9.50. The van der Waals surface area contributed by atoms with E-state index in [4.69, 9.17) is 5.11 Å². The van der Waals surface area contributed by atoms with Crippen LogP contribution < -0.4 is 5.32 Å². The van der Waals surface area contributed by atoms with E-state index in [1.807, 2.05) is 6.08 Å². The fraction of sp³-hybridized carbons (Fsp3) is 0.818. The van der Waals surface area contributed by atoms with Crippen LogP contribution in [0.1, 0.15) is 13.8 Å².